The third kappa shape index (κ3) is 4.00. The Labute approximate surface area is 175 Å². The Hall–Kier alpha value is -2.82. The lowest BCUT2D eigenvalue weighted by molar-refractivity contribution is 0.0728. The molecule has 3 aromatic rings. The summed E-state index contributed by atoms with van der Waals surface area (Å²) in [6.45, 7) is 3.61. The first-order valence-corrected chi connectivity index (χ1v) is 9.88. The van der Waals surface area contributed by atoms with Crippen molar-refractivity contribution in [3.8, 4) is 11.5 Å². The molecule has 0 N–H and O–H groups in total. The van der Waals surface area contributed by atoms with Gasteiger partial charge in [-0.1, -0.05) is 60.1 Å². The number of rotatable bonds is 5. The molecule has 1 heterocycles. The predicted octanol–water partition coefficient (Wildman–Crippen LogP) is 5.39. The highest BCUT2D eigenvalue weighted by Crippen LogP contribution is 2.42. The van der Waals surface area contributed by atoms with Gasteiger partial charge in [0.1, 0.15) is 23.7 Å². The fraction of sp³-hybridized carbons (Fsp3) is 0.208. The van der Waals surface area contributed by atoms with Crippen LogP contribution in [0.25, 0.3) is 0 Å². The number of hydrogen-bond acceptors (Lipinski definition) is 4. The minimum atomic E-state index is -0.462. The maximum atomic E-state index is 13.1. The molecule has 0 spiro atoms. The second kappa shape index (κ2) is 8.27. The van der Waals surface area contributed by atoms with Crippen LogP contribution in [0.5, 0.6) is 11.5 Å². The monoisotopic (exact) mass is 407 g/mol. The van der Waals surface area contributed by atoms with E-state index in [1.165, 1.54) is 0 Å². The van der Waals surface area contributed by atoms with E-state index >= 15 is 0 Å². The molecule has 0 saturated carbocycles. The lowest BCUT2D eigenvalue weighted by Crippen LogP contribution is -2.15. The first-order valence-electron chi connectivity index (χ1n) is 9.51. The fourth-order valence-corrected chi connectivity index (χ4v) is 3.90. The lowest BCUT2D eigenvalue weighted by atomic mass is 9.98. The van der Waals surface area contributed by atoms with Crippen LogP contribution in [0.15, 0.2) is 60.7 Å². The van der Waals surface area contributed by atoms with E-state index in [4.69, 9.17) is 21.1 Å². The van der Waals surface area contributed by atoms with Gasteiger partial charge in [-0.15, -0.1) is 0 Å². The summed E-state index contributed by atoms with van der Waals surface area (Å²) in [5, 5.41) is 0.608. The van der Waals surface area contributed by atoms with Gasteiger partial charge in [-0.2, -0.15) is 0 Å². The van der Waals surface area contributed by atoms with Crippen molar-refractivity contribution < 1.29 is 14.3 Å². The van der Waals surface area contributed by atoms with Gasteiger partial charge in [0, 0.05) is 23.7 Å². The Bertz CT molecular complexity index is 1040. The molecule has 0 aliphatic carbocycles. The molecule has 0 atom stereocenters. The molecule has 4 nitrogen and oxygen atoms in total. The Morgan fingerprint density at radius 3 is 2.31 bits per heavy atom. The van der Waals surface area contributed by atoms with Gasteiger partial charge in [0.25, 0.3) is 0 Å². The van der Waals surface area contributed by atoms with Gasteiger partial charge < -0.3 is 9.47 Å². The van der Waals surface area contributed by atoms with Gasteiger partial charge >= 0.3 is 5.97 Å². The van der Waals surface area contributed by atoms with Crippen molar-refractivity contribution in [2.75, 3.05) is 7.05 Å². The third-order valence-corrected chi connectivity index (χ3v) is 5.59. The minimum Gasteiger partial charge on any atom is -0.488 e. The topological polar surface area (TPSA) is 38.8 Å². The smallest absolute Gasteiger partial charge is 0.347 e. The quantitative estimate of drug-likeness (QED) is 0.419. The Morgan fingerprint density at radius 1 is 1.00 bits per heavy atom. The molecule has 0 amide bonds. The standard InChI is InChI=1S/C24H22ClNO3/c1-16-21(24(27)29-18-11-7-4-8-12-18)23(28-15-17-9-5-3-6-10-17)20-14-26(2)13-19(20)22(16)25/h3-12H,13-15H2,1-2H3. The highest BCUT2D eigenvalue weighted by atomic mass is 35.5. The van der Waals surface area contributed by atoms with Crippen LogP contribution < -0.4 is 9.47 Å². The molecular weight excluding hydrogens is 386 g/mol. The zero-order valence-corrected chi connectivity index (χ0v) is 17.2. The SMILES string of the molecule is Cc1c(Cl)c2c(c(OCc3ccccc3)c1C(=O)Oc1ccccc1)CN(C)C2. The summed E-state index contributed by atoms with van der Waals surface area (Å²) in [6.07, 6.45) is 0. The van der Waals surface area contributed by atoms with Crippen molar-refractivity contribution in [2.45, 2.75) is 26.6 Å². The van der Waals surface area contributed by atoms with E-state index in [-0.39, 0.29) is 0 Å². The molecule has 3 aromatic carbocycles. The number of fused-ring (bicyclic) bond motifs is 1. The number of esters is 1. The number of para-hydroxylation sites is 1. The lowest BCUT2D eigenvalue weighted by Gasteiger charge is -2.19. The molecule has 0 saturated heterocycles. The molecule has 0 aromatic heterocycles. The number of nitrogens with zero attached hydrogens (tertiary/aromatic N) is 1. The summed E-state index contributed by atoms with van der Waals surface area (Å²) >= 11 is 6.66. The van der Waals surface area contributed by atoms with E-state index in [0.29, 0.717) is 40.8 Å². The van der Waals surface area contributed by atoms with Crippen LogP contribution in [-0.4, -0.2) is 17.9 Å². The number of benzene rings is 3. The molecule has 1 aliphatic heterocycles. The highest BCUT2D eigenvalue weighted by Gasteiger charge is 2.31. The number of halogens is 1. The summed E-state index contributed by atoms with van der Waals surface area (Å²) in [7, 11) is 2.02. The van der Waals surface area contributed by atoms with E-state index in [0.717, 1.165) is 23.2 Å². The second-order valence-corrected chi connectivity index (χ2v) is 7.63. The van der Waals surface area contributed by atoms with Crippen LogP contribution in [0.4, 0.5) is 0 Å². The summed E-state index contributed by atoms with van der Waals surface area (Å²) in [5.74, 6) is 0.590. The average Bonchev–Trinajstić information content (AvgIpc) is 3.12. The first kappa shape index (κ1) is 19.5. The number of ether oxygens (including phenoxy) is 2. The van der Waals surface area contributed by atoms with E-state index in [2.05, 4.69) is 4.90 Å². The minimum absolute atomic E-state index is 0.365. The molecule has 148 valence electrons. The number of hydrogen-bond donors (Lipinski definition) is 0. The van der Waals surface area contributed by atoms with Crippen molar-refractivity contribution in [2.24, 2.45) is 0 Å². The van der Waals surface area contributed by atoms with Crippen LogP contribution in [0.1, 0.15) is 32.6 Å². The van der Waals surface area contributed by atoms with Crippen LogP contribution >= 0.6 is 11.6 Å². The molecule has 29 heavy (non-hydrogen) atoms. The van der Waals surface area contributed by atoms with Gasteiger partial charge in [0.15, 0.2) is 0 Å². The summed E-state index contributed by atoms with van der Waals surface area (Å²) in [6, 6.07) is 18.9. The molecular formula is C24H22ClNO3. The Morgan fingerprint density at radius 2 is 1.62 bits per heavy atom. The van der Waals surface area contributed by atoms with Crippen molar-refractivity contribution in [1.29, 1.82) is 0 Å². The molecule has 4 rings (SSSR count). The van der Waals surface area contributed by atoms with Crippen LogP contribution in [0, 0.1) is 6.92 Å². The van der Waals surface area contributed by atoms with E-state index in [1.54, 1.807) is 12.1 Å². The van der Waals surface area contributed by atoms with Crippen molar-refractivity contribution in [3.05, 3.63) is 93.5 Å². The van der Waals surface area contributed by atoms with E-state index in [1.807, 2.05) is 62.5 Å². The normalized spacial score (nSPS) is 13.2. The number of carbonyl (C=O) groups is 1. The van der Waals surface area contributed by atoms with Gasteiger partial charge in [0.05, 0.1) is 0 Å². The first-order chi connectivity index (χ1) is 14.0. The molecule has 0 unspecified atom stereocenters. The van der Waals surface area contributed by atoms with Crippen molar-refractivity contribution >= 4 is 17.6 Å². The Kier molecular flexibility index (Phi) is 5.56. The van der Waals surface area contributed by atoms with Crippen LogP contribution in [0.3, 0.4) is 0 Å². The largest absolute Gasteiger partial charge is 0.488 e. The second-order valence-electron chi connectivity index (χ2n) is 7.25. The molecule has 1 aliphatic rings. The van der Waals surface area contributed by atoms with Gasteiger partial charge in [-0.05, 0) is 42.8 Å². The summed E-state index contributed by atoms with van der Waals surface area (Å²) < 4.78 is 11.8. The van der Waals surface area contributed by atoms with E-state index < -0.39 is 5.97 Å². The van der Waals surface area contributed by atoms with Crippen LogP contribution in [0.2, 0.25) is 5.02 Å². The fourth-order valence-electron chi connectivity index (χ4n) is 3.64. The maximum Gasteiger partial charge on any atom is 0.347 e. The van der Waals surface area contributed by atoms with E-state index in [9.17, 15) is 4.79 Å². The van der Waals surface area contributed by atoms with Crippen molar-refractivity contribution in [1.82, 2.24) is 4.90 Å². The zero-order chi connectivity index (χ0) is 20.4. The third-order valence-electron chi connectivity index (χ3n) is 5.07. The average molecular weight is 408 g/mol. The van der Waals surface area contributed by atoms with Crippen LogP contribution in [-0.2, 0) is 19.7 Å². The van der Waals surface area contributed by atoms with Gasteiger partial charge in [0.2, 0.25) is 0 Å². The summed E-state index contributed by atoms with van der Waals surface area (Å²) in [4.78, 5) is 15.3. The number of carbonyl (C=O) groups excluding carboxylic acids is 1. The molecule has 0 radical (unpaired) electrons. The van der Waals surface area contributed by atoms with Gasteiger partial charge in [-0.25, -0.2) is 4.79 Å². The molecule has 0 bridgehead atoms. The maximum absolute atomic E-state index is 13.1. The molecule has 0 fully saturated rings. The summed E-state index contributed by atoms with van der Waals surface area (Å²) in [5.41, 5.74) is 4.08. The predicted molar refractivity (Wildman–Crippen MR) is 114 cm³/mol. The zero-order valence-electron chi connectivity index (χ0n) is 16.4. The highest BCUT2D eigenvalue weighted by molar-refractivity contribution is 6.33. The van der Waals surface area contributed by atoms with Gasteiger partial charge in [-0.3, -0.25) is 4.90 Å². The van der Waals surface area contributed by atoms with Crippen molar-refractivity contribution in [3.63, 3.8) is 0 Å². The Balaban J connectivity index is 1.75. The molecule has 5 heteroatoms.